The molecule has 1 aromatic heterocycles. The predicted molar refractivity (Wildman–Crippen MR) is 70.9 cm³/mol. The molecule has 2 aromatic rings. The second kappa shape index (κ2) is 5.66. The summed E-state index contributed by atoms with van der Waals surface area (Å²) in [6.07, 6.45) is 0. The van der Waals surface area contributed by atoms with Crippen LogP contribution in [0, 0.1) is 5.82 Å². The van der Waals surface area contributed by atoms with Gasteiger partial charge >= 0.3 is 0 Å². The van der Waals surface area contributed by atoms with Gasteiger partial charge in [-0.3, -0.25) is 0 Å². The maximum absolute atomic E-state index is 12.9. The number of aromatic nitrogens is 1. The first-order chi connectivity index (χ1) is 9.10. The van der Waals surface area contributed by atoms with Gasteiger partial charge in [-0.25, -0.2) is 9.37 Å². The number of nitrogens with zero attached hydrogens (tertiary/aromatic N) is 2. The standard InChI is InChI=1S/C12H9BrFN3O2/c13-8-6-7(14)4-5-10(8)19-11-3-1-2-9(16-11)12(15)17-18/h1-6,18H,(H2,15,17). The molecule has 0 saturated carbocycles. The van der Waals surface area contributed by atoms with Gasteiger partial charge in [-0.15, -0.1) is 0 Å². The van der Waals surface area contributed by atoms with E-state index < -0.39 is 0 Å². The number of nitrogens with two attached hydrogens (primary N) is 1. The maximum Gasteiger partial charge on any atom is 0.219 e. The molecule has 5 nitrogen and oxygen atoms in total. The van der Waals surface area contributed by atoms with Crippen molar-refractivity contribution in [2.24, 2.45) is 10.9 Å². The lowest BCUT2D eigenvalue weighted by atomic mass is 10.3. The van der Waals surface area contributed by atoms with E-state index >= 15 is 0 Å². The number of hydrogen-bond acceptors (Lipinski definition) is 4. The van der Waals surface area contributed by atoms with Gasteiger partial charge in [0.1, 0.15) is 17.3 Å². The van der Waals surface area contributed by atoms with Crippen molar-refractivity contribution in [1.82, 2.24) is 4.98 Å². The zero-order valence-electron chi connectivity index (χ0n) is 9.55. The van der Waals surface area contributed by atoms with Crippen LogP contribution in [0.4, 0.5) is 4.39 Å². The molecule has 0 amide bonds. The Labute approximate surface area is 116 Å². The second-order valence-electron chi connectivity index (χ2n) is 3.52. The predicted octanol–water partition coefficient (Wildman–Crippen LogP) is 2.87. The first kappa shape index (κ1) is 13.3. The Morgan fingerprint density at radius 1 is 1.37 bits per heavy atom. The van der Waals surface area contributed by atoms with E-state index in [1.807, 2.05) is 0 Å². The molecule has 0 bridgehead atoms. The third-order valence-corrected chi connectivity index (χ3v) is 2.82. The third-order valence-electron chi connectivity index (χ3n) is 2.20. The van der Waals surface area contributed by atoms with E-state index in [9.17, 15) is 4.39 Å². The van der Waals surface area contributed by atoms with Crippen molar-refractivity contribution in [3.63, 3.8) is 0 Å². The molecule has 1 aromatic carbocycles. The zero-order valence-corrected chi connectivity index (χ0v) is 11.1. The summed E-state index contributed by atoms with van der Waals surface area (Å²) in [6, 6.07) is 8.84. The van der Waals surface area contributed by atoms with Crippen LogP contribution in [0.15, 0.2) is 46.0 Å². The van der Waals surface area contributed by atoms with Gasteiger partial charge in [-0.2, -0.15) is 0 Å². The van der Waals surface area contributed by atoms with Gasteiger partial charge in [0.05, 0.1) is 4.47 Å². The van der Waals surface area contributed by atoms with Crippen molar-refractivity contribution in [2.75, 3.05) is 0 Å². The molecule has 0 radical (unpaired) electrons. The van der Waals surface area contributed by atoms with E-state index in [1.165, 1.54) is 18.2 Å². The van der Waals surface area contributed by atoms with Crippen LogP contribution in [0.3, 0.4) is 0 Å². The van der Waals surface area contributed by atoms with Crippen LogP contribution in [0.5, 0.6) is 11.6 Å². The number of hydrogen-bond donors (Lipinski definition) is 2. The highest BCUT2D eigenvalue weighted by molar-refractivity contribution is 9.10. The summed E-state index contributed by atoms with van der Waals surface area (Å²) in [5, 5.41) is 11.4. The summed E-state index contributed by atoms with van der Waals surface area (Å²) in [4.78, 5) is 4.05. The number of pyridine rings is 1. The summed E-state index contributed by atoms with van der Waals surface area (Å²) in [7, 11) is 0. The molecular weight excluding hydrogens is 317 g/mol. The van der Waals surface area contributed by atoms with Crippen molar-refractivity contribution in [3.05, 3.63) is 52.4 Å². The Balaban J connectivity index is 2.28. The lowest BCUT2D eigenvalue weighted by Gasteiger charge is -2.07. The fraction of sp³-hybridized carbons (Fsp3) is 0. The van der Waals surface area contributed by atoms with Crippen molar-refractivity contribution in [3.8, 4) is 11.6 Å². The van der Waals surface area contributed by atoms with Gasteiger partial charge in [-0.1, -0.05) is 11.2 Å². The number of rotatable bonds is 3. The Hall–Kier alpha value is -2.15. The smallest absolute Gasteiger partial charge is 0.219 e. The van der Waals surface area contributed by atoms with E-state index in [2.05, 4.69) is 26.1 Å². The van der Waals surface area contributed by atoms with E-state index in [1.54, 1.807) is 18.2 Å². The number of oxime groups is 1. The molecule has 0 spiro atoms. The quantitative estimate of drug-likeness (QED) is 0.393. The Morgan fingerprint density at radius 3 is 2.84 bits per heavy atom. The molecule has 0 unspecified atom stereocenters. The molecule has 2 rings (SSSR count). The highest BCUT2D eigenvalue weighted by Crippen LogP contribution is 2.29. The summed E-state index contributed by atoms with van der Waals surface area (Å²) >= 11 is 3.18. The van der Waals surface area contributed by atoms with Crippen LogP contribution in [-0.2, 0) is 0 Å². The molecule has 0 saturated heterocycles. The van der Waals surface area contributed by atoms with E-state index in [0.717, 1.165) is 0 Å². The largest absolute Gasteiger partial charge is 0.438 e. The highest BCUT2D eigenvalue weighted by Gasteiger charge is 2.07. The molecule has 7 heteroatoms. The monoisotopic (exact) mass is 325 g/mol. The van der Waals surface area contributed by atoms with Crippen LogP contribution >= 0.6 is 15.9 Å². The summed E-state index contributed by atoms with van der Waals surface area (Å²) < 4.78 is 18.9. The van der Waals surface area contributed by atoms with Crippen LogP contribution in [-0.4, -0.2) is 16.0 Å². The average molecular weight is 326 g/mol. The van der Waals surface area contributed by atoms with Crippen LogP contribution in [0.2, 0.25) is 0 Å². The fourth-order valence-electron chi connectivity index (χ4n) is 1.34. The van der Waals surface area contributed by atoms with Crippen molar-refractivity contribution >= 4 is 21.8 Å². The Kier molecular flexibility index (Phi) is 3.96. The van der Waals surface area contributed by atoms with E-state index in [-0.39, 0.29) is 23.2 Å². The second-order valence-corrected chi connectivity index (χ2v) is 4.38. The lowest BCUT2D eigenvalue weighted by Crippen LogP contribution is -2.14. The SMILES string of the molecule is NC(=NO)c1cccc(Oc2ccc(F)cc2Br)n1. The minimum Gasteiger partial charge on any atom is -0.438 e. The number of benzene rings is 1. The molecule has 0 aliphatic rings. The van der Waals surface area contributed by atoms with Gasteiger partial charge in [0.15, 0.2) is 5.84 Å². The average Bonchev–Trinajstić information content (AvgIpc) is 2.41. The normalized spacial score (nSPS) is 11.4. The summed E-state index contributed by atoms with van der Waals surface area (Å²) in [6.45, 7) is 0. The van der Waals surface area contributed by atoms with Gasteiger partial charge in [-0.05, 0) is 40.2 Å². The molecule has 0 aliphatic heterocycles. The Bertz CT molecular complexity index is 634. The van der Waals surface area contributed by atoms with E-state index in [4.69, 9.17) is 15.7 Å². The zero-order chi connectivity index (χ0) is 13.8. The minimum atomic E-state index is -0.377. The molecule has 0 atom stereocenters. The van der Waals surface area contributed by atoms with Gasteiger partial charge in [0, 0.05) is 6.07 Å². The molecule has 1 heterocycles. The number of halogens is 2. The van der Waals surface area contributed by atoms with Crippen molar-refractivity contribution in [1.29, 1.82) is 0 Å². The lowest BCUT2D eigenvalue weighted by molar-refractivity contribution is 0.318. The van der Waals surface area contributed by atoms with Gasteiger partial charge in [0.2, 0.25) is 5.88 Å². The number of amidine groups is 1. The minimum absolute atomic E-state index is 0.122. The molecular formula is C12H9BrFN3O2. The molecule has 19 heavy (non-hydrogen) atoms. The number of ether oxygens (including phenoxy) is 1. The first-order valence-corrected chi connectivity index (χ1v) is 5.97. The molecule has 0 fully saturated rings. The van der Waals surface area contributed by atoms with E-state index in [0.29, 0.717) is 10.2 Å². The third kappa shape index (κ3) is 3.19. The molecule has 0 aliphatic carbocycles. The van der Waals surface area contributed by atoms with Crippen LogP contribution < -0.4 is 10.5 Å². The van der Waals surface area contributed by atoms with Gasteiger partial charge in [0.25, 0.3) is 0 Å². The Morgan fingerprint density at radius 2 is 2.16 bits per heavy atom. The maximum atomic E-state index is 12.9. The van der Waals surface area contributed by atoms with Crippen molar-refractivity contribution in [2.45, 2.75) is 0 Å². The van der Waals surface area contributed by atoms with Crippen LogP contribution in [0.25, 0.3) is 0 Å². The fourth-order valence-corrected chi connectivity index (χ4v) is 1.77. The van der Waals surface area contributed by atoms with Crippen molar-refractivity contribution < 1.29 is 14.3 Å². The topological polar surface area (TPSA) is 80.7 Å². The molecule has 98 valence electrons. The van der Waals surface area contributed by atoms with Crippen LogP contribution in [0.1, 0.15) is 5.69 Å². The highest BCUT2D eigenvalue weighted by atomic mass is 79.9. The summed E-state index contributed by atoms with van der Waals surface area (Å²) in [5.74, 6) is 0.156. The first-order valence-electron chi connectivity index (χ1n) is 5.18. The molecule has 3 N–H and O–H groups in total. The summed E-state index contributed by atoms with van der Waals surface area (Å²) in [5.41, 5.74) is 5.71. The van der Waals surface area contributed by atoms with Gasteiger partial charge < -0.3 is 15.7 Å².